The highest BCUT2D eigenvalue weighted by molar-refractivity contribution is 6.04. The Balaban J connectivity index is 1.48. The second-order valence-electron chi connectivity index (χ2n) is 6.99. The number of hydrogen-bond acceptors (Lipinski definition) is 4. The molecule has 154 valence electrons. The summed E-state index contributed by atoms with van der Waals surface area (Å²) in [6.07, 6.45) is 0. The Hall–Kier alpha value is -4.26. The Labute approximate surface area is 179 Å². The zero-order valence-electron chi connectivity index (χ0n) is 16.9. The molecule has 0 radical (unpaired) electrons. The lowest BCUT2D eigenvalue weighted by Gasteiger charge is -2.16. The molecule has 0 bridgehead atoms. The number of anilines is 1. The van der Waals surface area contributed by atoms with E-state index < -0.39 is 6.04 Å². The monoisotopic (exact) mass is 411 g/mol. The number of aryl methyl sites for hydroxylation is 1. The highest BCUT2D eigenvalue weighted by Gasteiger charge is 2.21. The molecule has 31 heavy (non-hydrogen) atoms. The van der Waals surface area contributed by atoms with Gasteiger partial charge in [-0.3, -0.25) is 14.7 Å². The Morgan fingerprint density at radius 1 is 0.806 bits per heavy atom. The highest BCUT2D eigenvalue weighted by atomic mass is 16.2. The van der Waals surface area contributed by atoms with E-state index in [0.717, 1.165) is 5.56 Å². The van der Waals surface area contributed by atoms with Gasteiger partial charge in [-0.25, -0.2) is 4.98 Å². The summed E-state index contributed by atoms with van der Waals surface area (Å²) >= 11 is 0. The van der Waals surface area contributed by atoms with Gasteiger partial charge in [0.2, 0.25) is 0 Å². The minimum Gasteiger partial charge on any atom is -0.338 e. The molecular weight excluding hydrogens is 390 g/mol. The first-order valence-corrected chi connectivity index (χ1v) is 9.81. The molecule has 0 aliphatic carbocycles. The van der Waals surface area contributed by atoms with Crippen molar-refractivity contribution >= 4 is 17.5 Å². The summed E-state index contributed by atoms with van der Waals surface area (Å²) in [5.74, 6) is 0.687. The van der Waals surface area contributed by atoms with E-state index in [1.807, 2.05) is 43.3 Å². The van der Waals surface area contributed by atoms with Gasteiger partial charge >= 0.3 is 0 Å². The minimum atomic E-state index is -0.490. The molecule has 0 aliphatic heterocycles. The van der Waals surface area contributed by atoms with E-state index in [1.54, 1.807) is 48.5 Å². The fourth-order valence-corrected chi connectivity index (χ4v) is 3.14. The van der Waals surface area contributed by atoms with Crippen molar-refractivity contribution in [3.05, 3.63) is 113 Å². The lowest BCUT2D eigenvalue weighted by Crippen LogP contribution is -2.30. The van der Waals surface area contributed by atoms with Gasteiger partial charge in [0.15, 0.2) is 5.82 Å². The molecule has 0 saturated heterocycles. The molecule has 0 saturated carbocycles. The van der Waals surface area contributed by atoms with Gasteiger partial charge in [0.1, 0.15) is 11.9 Å². The number of carbonyl (C=O) groups excluding carboxylic acids is 2. The molecule has 7 nitrogen and oxygen atoms in total. The van der Waals surface area contributed by atoms with E-state index in [-0.39, 0.29) is 11.8 Å². The summed E-state index contributed by atoms with van der Waals surface area (Å²) in [5, 5.41) is 12.9. The third kappa shape index (κ3) is 4.84. The molecule has 0 fully saturated rings. The van der Waals surface area contributed by atoms with Crippen molar-refractivity contribution in [2.45, 2.75) is 13.0 Å². The van der Waals surface area contributed by atoms with Crippen molar-refractivity contribution in [1.29, 1.82) is 0 Å². The maximum Gasteiger partial charge on any atom is 0.255 e. The van der Waals surface area contributed by atoms with Crippen molar-refractivity contribution in [1.82, 2.24) is 20.5 Å². The van der Waals surface area contributed by atoms with Crippen LogP contribution in [0.5, 0.6) is 0 Å². The van der Waals surface area contributed by atoms with Crippen LogP contribution in [-0.4, -0.2) is 27.0 Å². The average molecular weight is 411 g/mol. The van der Waals surface area contributed by atoms with E-state index in [1.165, 1.54) is 0 Å². The highest BCUT2D eigenvalue weighted by Crippen LogP contribution is 2.20. The first-order valence-electron chi connectivity index (χ1n) is 9.81. The Bertz CT molecular complexity index is 1170. The molecule has 0 aliphatic rings. The van der Waals surface area contributed by atoms with Crippen LogP contribution in [0.3, 0.4) is 0 Å². The smallest absolute Gasteiger partial charge is 0.255 e. The maximum absolute atomic E-state index is 12.9. The number of hydrogen-bond donors (Lipinski definition) is 3. The molecule has 1 atom stereocenters. The van der Waals surface area contributed by atoms with Crippen LogP contribution in [0.1, 0.15) is 44.0 Å². The lowest BCUT2D eigenvalue weighted by atomic mass is 10.1. The summed E-state index contributed by atoms with van der Waals surface area (Å²) in [6, 6.07) is 24.7. The molecule has 1 heterocycles. The predicted octanol–water partition coefficient (Wildman–Crippen LogP) is 3.88. The lowest BCUT2D eigenvalue weighted by molar-refractivity contribution is 0.0941. The summed E-state index contributed by atoms with van der Waals surface area (Å²) < 4.78 is 0. The minimum absolute atomic E-state index is 0.207. The molecule has 1 aromatic heterocycles. The standard InChI is InChI=1S/C24H21N5O2/c1-16-25-22(29-28-16)21(17-8-4-2-5-9-17)27-24(31)19-12-14-20(15-13-19)26-23(30)18-10-6-3-7-11-18/h2-15,21H,1H3,(H,26,30)(H,27,31)(H,25,28,29). The van der Waals surface area contributed by atoms with Gasteiger partial charge in [0.25, 0.3) is 11.8 Å². The molecule has 1 unspecified atom stereocenters. The number of H-pyrrole nitrogens is 1. The second kappa shape index (κ2) is 9.04. The third-order valence-electron chi connectivity index (χ3n) is 4.72. The first-order chi connectivity index (χ1) is 15.1. The predicted molar refractivity (Wildman–Crippen MR) is 118 cm³/mol. The molecule has 4 aromatic rings. The van der Waals surface area contributed by atoms with Crippen molar-refractivity contribution in [2.24, 2.45) is 0 Å². The van der Waals surface area contributed by atoms with Crippen molar-refractivity contribution in [3.8, 4) is 0 Å². The van der Waals surface area contributed by atoms with Gasteiger partial charge in [-0.15, -0.1) is 0 Å². The summed E-state index contributed by atoms with van der Waals surface area (Å²) in [4.78, 5) is 29.6. The number of carbonyl (C=O) groups is 2. The summed E-state index contributed by atoms with van der Waals surface area (Å²) in [5.41, 5.74) is 2.51. The fraction of sp³-hybridized carbons (Fsp3) is 0.0833. The maximum atomic E-state index is 12.9. The van der Waals surface area contributed by atoms with Gasteiger partial charge in [-0.1, -0.05) is 48.5 Å². The zero-order valence-corrected chi connectivity index (χ0v) is 16.9. The molecular formula is C24H21N5O2. The van der Waals surface area contributed by atoms with Crippen molar-refractivity contribution in [2.75, 3.05) is 5.32 Å². The molecule has 4 rings (SSSR count). The van der Waals surface area contributed by atoms with E-state index in [4.69, 9.17) is 0 Å². The van der Waals surface area contributed by atoms with Crippen LogP contribution in [0.4, 0.5) is 5.69 Å². The largest absolute Gasteiger partial charge is 0.338 e. The summed E-state index contributed by atoms with van der Waals surface area (Å²) in [6.45, 7) is 1.81. The van der Waals surface area contributed by atoms with Crippen molar-refractivity contribution in [3.63, 3.8) is 0 Å². The van der Waals surface area contributed by atoms with E-state index in [0.29, 0.717) is 28.5 Å². The van der Waals surface area contributed by atoms with E-state index >= 15 is 0 Å². The number of nitrogens with one attached hydrogen (secondary N) is 3. The van der Waals surface area contributed by atoms with Crippen LogP contribution in [-0.2, 0) is 0 Å². The van der Waals surface area contributed by atoms with Crippen LogP contribution in [0.15, 0.2) is 84.9 Å². The first kappa shape index (κ1) is 20.0. The van der Waals surface area contributed by atoms with Gasteiger partial charge in [-0.2, -0.15) is 5.10 Å². The average Bonchev–Trinajstić information content (AvgIpc) is 3.25. The van der Waals surface area contributed by atoms with Gasteiger partial charge in [-0.05, 0) is 48.9 Å². The van der Waals surface area contributed by atoms with Gasteiger partial charge < -0.3 is 10.6 Å². The van der Waals surface area contributed by atoms with E-state index in [9.17, 15) is 9.59 Å². The van der Waals surface area contributed by atoms with Crippen LogP contribution >= 0.6 is 0 Å². The number of rotatable bonds is 6. The number of nitrogens with zero attached hydrogens (tertiary/aromatic N) is 2. The molecule has 2 amide bonds. The third-order valence-corrected chi connectivity index (χ3v) is 4.72. The van der Waals surface area contributed by atoms with Crippen LogP contribution in [0.25, 0.3) is 0 Å². The number of benzene rings is 3. The zero-order chi connectivity index (χ0) is 21.6. The Morgan fingerprint density at radius 3 is 2.03 bits per heavy atom. The van der Waals surface area contributed by atoms with Crippen LogP contribution < -0.4 is 10.6 Å². The number of aromatic amines is 1. The number of amides is 2. The van der Waals surface area contributed by atoms with Crippen LogP contribution in [0.2, 0.25) is 0 Å². The van der Waals surface area contributed by atoms with Gasteiger partial charge in [0, 0.05) is 16.8 Å². The second-order valence-corrected chi connectivity index (χ2v) is 6.99. The quantitative estimate of drug-likeness (QED) is 0.448. The van der Waals surface area contributed by atoms with Crippen LogP contribution in [0, 0.1) is 6.92 Å². The Morgan fingerprint density at radius 2 is 1.42 bits per heavy atom. The normalized spacial score (nSPS) is 11.5. The molecule has 3 N–H and O–H groups in total. The SMILES string of the molecule is Cc1nc(C(NC(=O)c2ccc(NC(=O)c3ccccc3)cc2)c2ccccc2)n[nH]1. The molecule has 3 aromatic carbocycles. The molecule has 7 heteroatoms. The Kier molecular flexibility index (Phi) is 5.84. The number of aromatic nitrogens is 3. The topological polar surface area (TPSA) is 99.8 Å². The van der Waals surface area contributed by atoms with E-state index in [2.05, 4.69) is 25.8 Å². The molecule has 0 spiro atoms. The summed E-state index contributed by atoms with van der Waals surface area (Å²) in [7, 11) is 0. The van der Waals surface area contributed by atoms with Crippen molar-refractivity contribution < 1.29 is 9.59 Å². The fourth-order valence-electron chi connectivity index (χ4n) is 3.14. The van der Waals surface area contributed by atoms with Gasteiger partial charge in [0.05, 0.1) is 0 Å².